The molecule has 2 aromatic heterocycles. The fourth-order valence-electron chi connectivity index (χ4n) is 1.91. The molecular formula is C14H12N2OS. The molecule has 0 saturated carbocycles. The lowest BCUT2D eigenvalue weighted by atomic mass is 10.3. The minimum atomic E-state index is 0.0526. The van der Waals surface area contributed by atoms with Crippen LogP contribution in [0, 0.1) is 6.92 Å². The molecule has 0 aliphatic heterocycles. The first-order valence-electron chi connectivity index (χ1n) is 5.74. The third kappa shape index (κ3) is 1.95. The molecule has 3 aromatic rings. The first-order chi connectivity index (χ1) is 8.74. The number of aryl methyl sites for hydroxylation is 1. The Morgan fingerprint density at radius 2 is 2.06 bits per heavy atom. The molecule has 0 unspecified atom stereocenters. The summed E-state index contributed by atoms with van der Waals surface area (Å²) in [4.78, 5) is 16.5. The van der Waals surface area contributed by atoms with E-state index in [-0.39, 0.29) is 5.56 Å². The van der Waals surface area contributed by atoms with Crippen LogP contribution in [0.2, 0.25) is 0 Å². The predicted octanol–water partition coefficient (Wildman–Crippen LogP) is 2.81. The highest BCUT2D eigenvalue weighted by Crippen LogP contribution is 2.21. The Bertz CT molecular complexity index is 725. The molecule has 3 nitrogen and oxygen atoms in total. The summed E-state index contributed by atoms with van der Waals surface area (Å²) in [7, 11) is 0. The van der Waals surface area contributed by atoms with Crippen molar-refractivity contribution in [1.82, 2.24) is 9.55 Å². The lowest BCUT2D eigenvalue weighted by molar-refractivity contribution is 0.749. The normalized spacial score (nSPS) is 10.9. The fourth-order valence-corrected chi connectivity index (χ4v) is 2.88. The molecule has 0 saturated heterocycles. The zero-order valence-corrected chi connectivity index (χ0v) is 10.8. The summed E-state index contributed by atoms with van der Waals surface area (Å²) >= 11 is 1.64. The van der Waals surface area contributed by atoms with Crippen LogP contribution in [0.3, 0.4) is 0 Å². The molecule has 0 N–H and O–H groups in total. The molecule has 1 aromatic carbocycles. The molecule has 4 heteroatoms. The summed E-state index contributed by atoms with van der Waals surface area (Å²) in [5, 5.41) is 0.962. The summed E-state index contributed by atoms with van der Waals surface area (Å²) in [5.41, 5.74) is 1.81. The summed E-state index contributed by atoms with van der Waals surface area (Å²) in [5.74, 6) is 0. The van der Waals surface area contributed by atoms with Crippen molar-refractivity contribution < 1.29 is 0 Å². The molecule has 0 amide bonds. The number of rotatable bonds is 2. The average Bonchev–Trinajstić information content (AvgIpc) is 2.77. The Morgan fingerprint density at radius 3 is 2.89 bits per heavy atom. The Kier molecular flexibility index (Phi) is 2.72. The van der Waals surface area contributed by atoms with Crippen LogP contribution in [-0.4, -0.2) is 9.55 Å². The van der Waals surface area contributed by atoms with Crippen LogP contribution in [0.5, 0.6) is 0 Å². The van der Waals surface area contributed by atoms with Gasteiger partial charge < -0.3 is 4.57 Å². The minimum Gasteiger partial charge on any atom is -0.308 e. The number of benzene rings is 1. The molecule has 0 aliphatic rings. The first-order valence-corrected chi connectivity index (χ1v) is 6.56. The number of aromatic nitrogens is 2. The van der Waals surface area contributed by atoms with E-state index in [2.05, 4.69) is 11.1 Å². The van der Waals surface area contributed by atoms with E-state index >= 15 is 0 Å². The van der Waals surface area contributed by atoms with Gasteiger partial charge in [-0.1, -0.05) is 18.2 Å². The van der Waals surface area contributed by atoms with Crippen LogP contribution >= 0.6 is 11.3 Å². The van der Waals surface area contributed by atoms with Gasteiger partial charge in [0.2, 0.25) is 0 Å². The molecule has 0 aliphatic carbocycles. The second kappa shape index (κ2) is 4.38. The van der Waals surface area contributed by atoms with Gasteiger partial charge in [0.25, 0.3) is 5.56 Å². The maximum atomic E-state index is 11.9. The third-order valence-corrected chi connectivity index (χ3v) is 3.88. The Hall–Kier alpha value is -1.94. The number of hydrogen-bond donors (Lipinski definition) is 0. The Labute approximate surface area is 108 Å². The van der Waals surface area contributed by atoms with Crippen molar-refractivity contribution in [1.29, 1.82) is 0 Å². The van der Waals surface area contributed by atoms with E-state index in [0.717, 1.165) is 20.8 Å². The van der Waals surface area contributed by atoms with E-state index in [1.807, 2.05) is 37.3 Å². The largest absolute Gasteiger partial charge is 0.308 e. The Balaban J connectivity index is 2.01. The van der Waals surface area contributed by atoms with E-state index in [4.69, 9.17) is 0 Å². The number of nitrogens with zero attached hydrogens (tertiary/aromatic N) is 2. The highest BCUT2D eigenvalue weighted by atomic mass is 32.1. The highest BCUT2D eigenvalue weighted by Gasteiger charge is 2.05. The van der Waals surface area contributed by atoms with Crippen molar-refractivity contribution in [2.75, 3.05) is 0 Å². The SMILES string of the molecule is Cc1cccn(Cc2nc3ccccc3s2)c1=O. The van der Waals surface area contributed by atoms with Crippen molar-refractivity contribution in [2.24, 2.45) is 0 Å². The molecule has 18 heavy (non-hydrogen) atoms. The molecule has 0 spiro atoms. The number of hydrogen-bond acceptors (Lipinski definition) is 3. The predicted molar refractivity (Wildman–Crippen MR) is 74.2 cm³/mol. The molecule has 2 heterocycles. The van der Waals surface area contributed by atoms with Crippen LogP contribution in [0.25, 0.3) is 10.2 Å². The van der Waals surface area contributed by atoms with E-state index < -0.39 is 0 Å². The van der Waals surface area contributed by atoms with Gasteiger partial charge in [0, 0.05) is 11.8 Å². The van der Waals surface area contributed by atoms with Crippen molar-refractivity contribution >= 4 is 21.6 Å². The van der Waals surface area contributed by atoms with Gasteiger partial charge in [-0.15, -0.1) is 11.3 Å². The molecule has 3 rings (SSSR count). The van der Waals surface area contributed by atoms with Gasteiger partial charge in [0.05, 0.1) is 16.8 Å². The topological polar surface area (TPSA) is 34.9 Å². The molecule has 0 fully saturated rings. The summed E-state index contributed by atoms with van der Waals surface area (Å²) in [6, 6.07) is 11.7. The first kappa shape index (κ1) is 11.2. The van der Waals surface area contributed by atoms with Gasteiger partial charge in [0.1, 0.15) is 5.01 Å². The number of thiazole rings is 1. The zero-order valence-electron chi connectivity index (χ0n) is 9.96. The van der Waals surface area contributed by atoms with E-state index in [9.17, 15) is 4.79 Å². The second-order valence-corrected chi connectivity index (χ2v) is 5.31. The highest BCUT2D eigenvalue weighted by molar-refractivity contribution is 7.18. The Morgan fingerprint density at radius 1 is 1.22 bits per heavy atom. The molecule has 0 radical (unpaired) electrons. The van der Waals surface area contributed by atoms with Gasteiger partial charge in [0.15, 0.2) is 0 Å². The summed E-state index contributed by atoms with van der Waals surface area (Å²) < 4.78 is 2.86. The number of pyridine rings is 1. The van der Waals surface area contributed by atoms with E-state index in [1.165, 1.54) is 0 Å². The summed E-state index contributed by atoms with van der Waals surface area (Å²) in [6.45, 7) is 2.37. The standard InChI is InChI=1S/C14H12N2OS/c1-10-5-4-8-16(14(10)17)9-13-15-11-6-2-3-7-12(11)18-13/h2-8H,9H2,1H3. The molecule has 90 valence electrons. The van der Waals surface area contributed by atoms with Crippen LogP contribution < -0.4 is 5.56 Å². The fraction of sp³-hybridized carbons (Fsp3) is 0.143. The van der Waals surface area contributed by atoms with E-state index in [0.29, 0.717) is 6.54 Å². The van der Waals surface area contributed by atoms with Gasteiger partial charge in [-0.2, -0.15) is 0 Å². The lowest BCUT2D eigenvalue weighted by Crippen LogP contribution is -2.21. The second-order valence-electron chi connectivity index (χ2n) is 4.20. The number of para-hydroxylation sites is 1. The van der Waals surface area contributed by atoms with Gasteiger partial charge in [-0.05, 0) is 25.1 Å². The number of fused-ring (bicyclic) bond motifs is 1. The zero-order chi connectivity index (χ0) is 12.5. The maximum absolute atomic E-state index is 11.9. The quantitative estimate of drug-likeness (QED) is 0.706. The summed E-state index contributed by atoms with van der Waals surface area (Å²) in [6.07, 6.45) is 1.81. The van der Waals surface area contributed by atoms with Crippen LogP contribution in [-0.2, 0) is 6.54 Å². The molecular weight excluding hydrogens is 244 g/mol. The van der Waals surface area contributed by atoms with Gasteiger partial charge >= 0.3 is 0 Å². The van der Waals surface area contributed by atoms with Crippen LogP contribution in [0.15, 0.2) is 47.4 Å². The van der Waals surface area contributed by atoms with Crippen molar-refractivity contribution in [3.05, 3.63) is 63.5 Å². The van der Waals surface area contributed by atoms with E-state index in [1.54, 1.807) is 22.1 Å². The van der Waals surface area contributed by atoms with Gasteiger partial charge in [-0.3, -0.25) is 4.79 Å². The minimum absolute atomic E-state index is 0.0526. The van der Waals surface area contributed by atoms with Crippen LogP contribution in [0.4, 0.5) is 0 Å². The van der Waals surface area contributed by atoms with Crippen LogP contribution in [0.1, 0.15) is 10.6 Å². The van der Waals surface area contributed by atoms with Crippen molar-refractivity contribution in [3.8, 4) is 0 Å². The molecule has 0 bridgehead atoms. The van der Waals surface area contributed by atoms with Gasteiger partial charge in [-0.25, -0.2) is 4.98 Å². The smallest absolute Gasteiger partial charge is 0.253 e. The monoisotopic (exact) mass is 256 g/mol. The lowest BCUT2D eigenvalue weighted by Gasteiger charge is -2.03. The average molecular weight is 256 g/mol. The maximum Gasteiger partial charge on any atom is 0.253 e. The molecule has 0 atom stereocenters. The van der Waals surface area contributed by atoms with Crippen molar-refractivity contribution in [2.45, 2.75) is 13.5 Å². The third-order valence-electron chi connectivity index (χ3n) is 2.85. The van der Waals surface area contributed by atoms with Crippen molar-refractivity contribution in [3.63, 3.8) is 0 Å².